The van der Waals surface area contributed by atoms with Crippen LogP contribution in [0.25, 0.3) is 0 Å². The summed E-state index contributed by atoms with van der Waals surface area (Å²) in [6.45, 7) is 6.66. The van der Waals surface area contributed by atoms with E-state index in [2.05, 4.69) is 45.1 Å². The number of esters is 3. The summed E-state index contributed by atoms with van der Waals surface area (Å²) in [4.78, 5) is 38.1. The first-order valence-electron chi connectivity index (χ1n) is 35.8. The predicted molar refractivity (Wildman–Crippen MR) is 344 cm³/mol. The Balaban J connectivity index is 3.92. The third kappa shape index (κ3) is 66.6. The van der Waals surface area contributed by atoms with Gasteiger partial charge >= 0.3 is 17.9 Å². The van der Waals surface area contributed by atoms with Crippen molar-refractivity contribution < 1.29 is 28.6 Å². The smallest absolute Gasteiger partial charge is 0.306 e. The molecule has 0 aliphatic heterocycles. The van der Waals surface area contributed by atoms with Gasteiger partial charge in [0.2, 0.25) is 0 Å². The molecule has 1 atom stereocenters. The Labute approximate surface area is 493 Å². The second kappa shape index (κ2) is 68.4. The molecule has 0 saturated carbocycles. The minimum Gasteiger partial charge on any atom is -0.462 e. The average Bonchev–Trinajstić information content (AvgIpc) is 3.45. The van der Waals surface area contributed by atoms with Gasteiger partial charge < -0.3 is 14.2 Å². The Bertz CT molecular complexity index is 1270. The molecule has 0 amide bonds. The number of allylic oxidation sites excluding steroid dienone is 4. The Kier molecular flexibility index (Phi) is 66.6. The lowest BCUT2D eigenvalue weighted by molar-refractivity contribution is -0.167. The Morgan fingerprint density at radius 1 is 0.253 bits per heavy atom. The van der Waals surface area contributed by atoms with Crippen molar-refractivity contribution in [2.45, 2.75) is 412 Å². The van der Waals surface area contributed by atoms with Gasteiger partial charge in [-0.3, -0.25) is 14.4 Å². The van der Waals surface area contributed by atoms with E-state index in [9.17, 15) is 14.4 Å². The highest BCUT2D eigenvalue weighted by molar-refractivity contribution is 5.71. The number of ether oxygens (including phenoxy) is 3. The van der Waals surface area contributed by atoms with Crippen LogP contribution in [0, 0.1) is 0 Å². The Morgan fingerprint density at radius 3 is 0.696 bits per heavy atom. The number of hydrogen-bond donors (Lipinski definition) is 0. The topological polar surface area (TPSA) is 78.9 Å². The van der Waals surface area contributed by atoms with Crippen molar-refractivity contribution >= 4 is 17.9 Å². The highest BCUT2D eigenvalue weighted by Crippen LogP contribution is 2.19. The summed E-state index contributed by atoms with van der Waals surface area (Å²) in [5.41, 5.74) is 0. The maximum absolute atomic E-state index is 12.9. The van der Waals surface area contributed by atoms with Crippen LogP contribution < -0.4 is 0 Å². The molecule has 0 aromatic carbocycles. The van der Waals surface area contributed by atoms with E-state index in [1.807, 2.05) is 0 Å². The van der Waals surface area contributed by atoms with Crippen LogP contribution in [0.3, 0.4) is 0 Å². The lowest BCUT2D eigenvalue weighted by Crippen LogP contribution is -2.30. The van der Waals surface area contributed by atoms with Crippen molar-refractivity contribution in [3.63, 3.8) is 0 Å². The number of carbonyl (C=O) groups excluding carboxylic acids is 3. The van der Waals surface area contributed by atoms with E-state index in [0.29, 0.717) is 19.3 Å². The molecular formula is C73H138O6. The average molecular weight is 1110 g/mol. The summed E-state index contributed by atoms with van der Waals surface area (Å²) >= 11 is 0. The molecule has 6 heteroatoms. The molecule has 0 fully saturated rings. The van der Waals surface area contributed by atoms with Crippen molar-refractivity contribution in [3.05, 3.63) is 24.3 Å². The molecule has 466 valence electrons. The van der Waals surface area contributed by atoms with Gasteiger partial charge in [-0.2, -0.15) is 0 Å². The number of carbonyl (C=O) groups is 3. The molecule has 79 heavy (non-hydrogen) atoms. The van der Waals surface area contributed by atoms with E-state index in [1.54, 1.807) is 0 Å². The van der Waals surface area contributed by atoms with E-state index in [4.69, 9.17) is 14.2 Å². The number of unbranched alkanes of at least 4 members (excludes halogenated alkanes) is 52. The van der Waals surface area contributed by atoms with Crippen LogP contribution in [-0.2, 0) is 28.6 Å². The fraction of sp³-hybridized carbons (Fsp3) is 0.904. The monoisotopic (exact) mass is 1110 g/mol. The summed E-state index contributed by atoms with van der Waals surface area (Å²) in [5, 5.41) is 0. The molecule has 6 nitrogen and oxygen atoms in total. The predicted octanol–water partition coefficient (Wildman–Crippen LogP) is 24.6. The first-order chi connectivity index (χ1) is 39.0. The van der Waals surface area contributed by atoms with E-state index in [-0.39, 0.29) is 31.1 Å². The second-order valence-corrected chi connectivity index (χ2v) is 24.5. The fourth-order valence-electron chi connectivity index (χ4n) is 11.1. The maximum Gasteiger partial charge on any atom is 0.306 e. The highest BCUT2D eigenvalue weighted by Gasteiger charge is 2.19. The molecule has 0 aromatic heterocycles. The van der Waals surface area contributed by atoms with Crippen LogP contribution in [0.5, 0.6) is 0 Å². The van der Waals surface area contributed by atoms with E-state index < -0.39 is 6.10 Å². The van der Waals surface area contributed by atoms with Gasteiger partial charge in [-0.1, -0.05) is 360 Å². The standard InChI is InChI=1S/C73H138O6/c1-4-7-10-13-16-18-20-22-24-26-28-29-30-31-32-33-34-35-36-37-38-39-40-41-42-43-45-46-48-50-52-54-57-60-63-66-72(75)78-69-70(68-77-71(74)65-62-59-56-15-12-9-6-3)79-73(76)67-64-61-58-55-53-51-49-47-44-27-25-23-21-19-17-14-11-8-5-2/h20,22,26,28,70H,4-19,21,23-25,27,29-69H2,1-3H3/b22-20-,28-26-. The van der Waals surface area contributed by atoms with Crippen LogP contribution in [0.2, 0.25) is 0 Å². The minimum atomic E-state index is -0.763. The lowest BCUT2D eigenvalue weighted by atomic mass is 10.0. The first kappa shape index (κ1) is 76.9. The van der Waals surface area contributed by atoms with Gasteiger partial charge in [0.15, 0.2) is 6.10 Å². The fourth-order valence-corrected chi connectivity index (χ4v) is 11.1. The summed E-state index contributed by atoms with van der Waals surface area (Å²) in [6.07, 6.45) is 84.0. The van der Waals surface area contributed by atoms with Crippen molar-refractivity contribution in [2.24, 2.45) is 0 Å². The van der Waals surface area contributed by atoms with Crippen LogP contribution in [0.1, 0.15) is 406 Å². The summed E-state index contributed by atoms with van der Waals surface area (Å²) in [6, 6.07) is 0. The maximum atomic E-state index is 12.9. The quantitative estimate of drug-likeness (QED) is 0.0261. The molecule has 0 heterocycles. The third-order valence-electron chi connectivity index (χ3n) is 16.5. The Morgan fingerprint density at radius 2 is 0.456 bits per heavy atom. The summed E-state index contributed by atoms with van der Waals surface area (Å²) in [5.74, 6) is -0.839. The summed E-state index contributed by atoms with van der Waals surface area (Å²) < 4.78 is 16.9. The van der Waals surface area contributed by atoms with Crippen molar-refractivity contribution in [2.75, 3.05) is 13.2 Å². The van der Waals surface area contributed by atoms with E-state index >= 15 is 0 Å². The molecule has 0 aliphatic rings. The van der Waals surface area contributed by atoms with Crippen LogP contribution >= 0.6 is 0 Å². The molecule has 0 spiro atoms. The van der Waals surface area contributed by atoms with Crippen molar-refractivity contribution in [1.82, 2.24) is 0 Å². The van der Waals surface area contributed by atoms with Gasteiger partial charge in [0.25, 0.3) is 0 Å². The van der Waals surface area contributed by atoms with Gasteiger partial charge in [0, 0.05) is 19.3 Å². The molecular weight excluding hydrogens is 973 g/mol. The molecule has 0 radical (unpaired) electrons. The van der Waals surface area contributed by atoms with Crippen molar-refractivity contribution in [1.29, 1.82) is 0 Å². The molecule has 0 N–H and O–H groups in total. The van der Waals surface area contributed by atoms with E-state index in [0.717, 1.165) is 64.2 Å². The normalized spacial score (nSPS) is 12.1. The van der Waals surface area contributed by atoms with Gasteiger partial charge in [-0.05, 0) is 51.4 Å². The lowest BCUT2D eigenvalue weighted by Gasteiger charge is -2.18. The first-order valence-corrected chi connectivity index (χ1v) is 35.8. The Hall–Kier alpha value is -2.11. The highest BCUT2D eigenvalue weighted by atomic mass is 16.6. The minimum absolute atomic E-state index is 0.0634. The molecule has 1 unspecified atom stereocenters. The third-order valence-corrected chi connectivity index (χ3v) is 16.5. The summed E-state index contributed by atoms with van der Waals surface area (Å²) in [7, 11) is 0. The largest absolute Gasteiger partial charge is 0.462 e. The number of hydrogen-bond acceptors (Lipinski definition) is 6. The molecule has 0 rings (SSSR count). The molecule has 0 aliphatic carbocycles. The van der Waals surface area contributed by atoms with Gasteiger partial charge in [-0.15, -0.1) is 0 Å². The molecule has 0 aromatic rings. The van der Waals surface area contributed by atoms with Crippen molar-refractivity contribution in [3.8, 4) is 0 Å². The van der Waals surface area contributed by atoms with Crippen LogP contribution in [0.15, 0.2) is 24.3 Å². The zero-order valence-corrected chi connectivity index (χ0v) is 53.7. The van der Waals surface area contributed by atoms with Gasteiger partial charge in [-0.25, -0.2) is 0 Å². The van der Waals surface area contributed by atoms with Crippen LogP contribution in [-0.4, -0.2) is 37.2 Å². The molecule has 0 bridgehead atoms. The molecule has 0 saturated heterocycles. The zero-order chi connectivity index (χ0) is 57.1. The SMILES string of the molecule is CCCCCCC/C=C\C/C=C\CCCCCCCCCCCCCCCCCCCCCCCCCC(=O)OCC(COC(=O)CCCCCCCCC)OC(=O)CCCCCCCCCCCCCCCCCCCCC. The van der Waals surface area contributed by atoms with Gasteiger partial charge in [0.05, 0.1) is 0 Å². The van der Waals surface area contributed by atoms with Gasteiger partial charge in [0.1, 0.15) is 13.2 Å². The van der Waals surface area contributed by atoms with E-state index in [1.165, 1.54) is 302 Å². The van der Waals surface area contributed by atoms with Crippen LogP contribution in [0.4, 0.5) is 0 Å². The second-order valence-electron chi connectivity index (χ2n) is 24.5. The number of rotatable bonds is 67. The zero-order valence-electron chi connectivity index (χ0n) is 53.7.